The van der Waals surface area contributed by atoms with Gasteiger partial charge in [-0.1, -0.05) is 25.5 Å². The van der Waals surface area contributed by atoms with Gasteiger partial charge >= 0.3 is 0 Å². The molecular formula is C14H19NO. The van der Waals surface area contributed by atoms with Gasteiger partial charge in [-0.2, -0.15) is 0 Å². The van der Waals surface area contributed by atoms with Gasteiger partial charge in [0.1, 0.15) is 6.29 Å². The van der Waals surface area contributed by atoms with Gasteiger partial charge in [-0.25, -0.2) is 0 Å². The molecule has 1 aromatic rings. The highest BCUT2D eigenvalue weighted by molar-refractivity contribution is 5.64. The van der Waals surface area contributed by atoms with Gasteiger partial charge in [0.25, 0.3) is 0 Å². The van der Waals surface area contributed by atoms with Crippen LogP contribution in [0.2, 0.25) is 0 Å². The fourth-order valence-electron chi connectivity index (χ4n) is 2.51. The molecule has 0 bridgehead atoms. The molecule has 1 heterocycles. The number of fused-ring (bicyclic) bond motifs is 1. The molecule has 1 aromatic carbocycles. The number of carbonyl (C=O) groups is 1. The third-order valence-corrected chi connectivity index (χ3v) is 3.28. The first kappa shape index (κ1) is 11.2. The molecule has 16 heavy (non-hydrogen) atoms. The van der Waals surface area contributed by atoms with Crippen molar-refractivity contribution in [2.75, 3.05) is 18.5 Å². The van der Waals surface area contributed by atoms with E-state index in [4.69, 9.17) is 0 Å². The lowest BCUT2D eigenvalue weighted by Gasteiger charge is -2.31. The Labute approximate surface area is 97.3 Å². The molecule has 86 valence electrons. The predicted octanol–water partition coefficient (Wildman–Crippen LogP) is 2.45. The van der Waals surface area contributed by atoms with Gasteiger partial charge in [0.2, 0.25) is 0 Å². The van der Waals surface area contributed by atoms with Gasteiger partial charge in [-0.05, 0) is 30.0 Å². The van der Waals surface area contributed by atoms with E-state index in [0.29, 0.717) is 0 Å². The molecule has 0 fully saturated rings. The van der Waals surface area contributed by atoms with Crippen molar-refractivity contribution in [2.24, 2.45) is 5.92 Å². The number of benzene rings is 1. The summed E-state index contributed by atoms with van der Waals surface area (Å²) in [7, 11) is 2.06. The summed E-state index contributed by atoms with van der Waals surface area (Å²) in [6.07, 6.45) is 4.29. The van der Waals surface area contributed by atoms with E-state index in [1.54, 1.807) is 0 Å². The number of rotatable bonds is 3. The highest BCUT2D eigenvalue weighted by Crippen LogP contribution is 2.29. The number of hydrogen-bond acceptors (Lipinski definition) is 2. The molecule has 0 amide bonds. The van der Waals surface area contributed by atoms with Crippen LogP contribution in [0, 0.1) is 5.92 Å². The van der Waals surface area contributed by atoms with Crippen molar-refractivity contribution in [3.63, 3.8) is 0 Å². The number of anilines is 1. The summed E-state index contributed by atoms with van der Waals surface area (Å²) in [4.78, 5) is 13.1. The Morgan fingerprint density at radius 1 is 1.50 bits per heavy atom. The summed E-state index contributed by atoms with van der Waals surface area (Å²) < 4.78 is 0. The SMILES string of the molecule is CCCc1ccc2c(c1)CC(C=O)CN2C. The number of aryl methyl sites for hydroxylation is 1. The lowest BCUT2D eigenvalue weighted by atomic mass is 9.92. The Morgan fingerprint density at radius 3 is 3.00 bits per heavy atom. The third-order valence-electron chi connectivity index (χ3n) is 3.28. The normalized spacial score (nSPS) is 19.4. The molecule has 0 saturated carbocycles. The lowest BCUT2D eigenvalue weighted by Crippen LogP contribution is -2.32. The first-order chi connectivity index (χ1) is 7.74. The highest BCUT2D eigenvalue weighted by Gasteiger charge is 2.21. The van der Waals surface area contributed by atoms with Gasteiger partial charge < -0.3 is 9.69 Å². The van der Waals surface area contributed by atoms with Crippen molar-refractivity contribution in [2.45, 2.75) is 26.2 Å². The average Bonchev–Trinajstić information content (AvgIpc) is 2.29. The molecule has 2 nitrogen and oxygen atoms in total. The molecule has 1 atom stereocenters. The van der Waals surface area contributed by atoms with Crippen molar-refractivity contribution in [1.82, 2.24) is 0 Å². The molecule has 0 N–H and O–H groups in total. The fraction of sp³-hybridized carbons (Fsp3) is 0.500. The standard InChI is InChI=1S/C14H19NO/c1-3-4-11-5-6-14-13(7-11)8-12(10-16)9-15(14)2/h5-7,10,12H,3-4,8-9H2,1-2H3. The van der Waals surface area contributed by atoms with Crippen molar-refractivity contribution < 1.29 is 4.79 Å². The van der Waals surface area contributed by atoms with Crippen LogP contribution >= 0.6 is 0 Å². The Balaban J connectivity index is 2.30. The average molecular weight is 217 g/mol. The predicted molar refractivity (Wildman–Crippen MR) is 67.0 cm³/mol. The van der Waals surface area contributed by atoms with Crippen LogP contribution in [0.25, 0.3) is 0 Å². The monoisotopic (exact) mass is 217 g/mol. The summed E-state index contributed by atoms with van der Waals surface area (Å²) in [5.74, 6) is 0.161. The van der Waals surface area contributed by atoms with Crippen LogP contribution in [0.3, 0.4) is 0 Å². The summed E-state index contributed by atoms with van der Waals surface area (Å²) >= 11 is 0. The maximum Gasteiger partial charge on any atom is 0.125 e. The first-order valence-electron chi connectivity index (χ1n) is 6.02. The van der Waals surface area contributed by atoms with Crippen LogP contribution in [-0.4, -0.2) is 19.9 Å². The number of nitrogens with zero attached hydrogens (tertiary/aromatic N) is 1. The van der Waals surface area contributed by atoms with Crippen molar-refractivity contribution >= 4 is 12.0 Å². The van der Waals surface area contributed by atoms with Crippen molar-refractivity contribution in [3.8, 4) is 0 Å². The van der Waals surface area contributed by atoms with E-state index < -0.39 is 0 Å². The maximum atomic E-state index is 10.9. The van der Waals surface area contributed by atoms with Crippen molar-refractivity contribution in [3.05, 3.63) is 29.3 Å². The Hall–Kier alpha value is -1.31. The van der Waals surface area contributed by atoms with Crippen LogP contribution < -0.4 is 4.90 Å². The fourth-order valence-corrected chi connectivity index (χ4v) is 2.51. The van der Waals surface area contributed by atoms with E-state index in [1.807, 2.05) is 0 Å². The summed E-state index contributed by atoms with van der Waals surface area (Å²) in [6.45, 7) is 3.05. The van der Waals surface area contributed by atoms with Crippen molar-refractivity contribution in [1.29, 1.82) is 0 Å². The molecular weight excluding hydrogens is 198 g/mol. The number of hydrogen-bond donors (Lipinski definition) is 0. The molecule has 0 saturated heterocycles. The lowest BCUT2D eigenvalue weighted by molar-refractivity contribution is -0.110. The molecule has 1 aliphatic rings. The Bertz CT molecular complexity index is 386. The minimum Gasteiger partial charge on any atom is -0.374 e. The van der Waals surface area contributed by atoms with Gasteiger partial charge in [-0.3, -0.25) is 0 Å². The van der Waals surface area contributed by atoms with Crippen LogP contribution in [-0.2, 0) is 17.6 Å². The molecule has 1 aliphatic heterocycles. The topological polar surface area (TPSA) is 20.3 Å². The van der Waals surface area contributed by atoms with E-state index in [1.165, 1.54) is 23.2 Å². The van der Waals surface area contributed by atoms with E-state index in [-0.39, 0.29) is 5.92 Å². The second kappa shape index (κ2) is 4.69. The highest BCUT2D eigenvalue weighted by atomic mass is 16.1. The first-order valence-corrected chi connectivity index (χ1v) is 6.02. The van der Waals surface area contributed by atoms with Gasteiger partial charge in [-0.15, -0.1) is 0 Å². The third kappa shape index (κ3) is 2.11. The molecule has 0 aliphatic carbocycles. The smallest absolute Gasteiger partial charge is 0.125 e. The van der Waals surface area contributed by atoms with Crippen LogP contribution in [0.15, 0.2) is 18.2 Å². The van der Waals surface area contributed by atoms with E-state index in [9.17, 15) is 4.79 Å². The number of aldehydes is 1. The maximum absolute atomic E-state index is 10.9. The van der Waals surface area contributed by atoms with Crippen LogP contribution in [0.4, 0.5) is 5.69 Å². The summed E-state index contributed by atoms with van der Waals surface area (Å²) in [5, 5.41) is 0. The molecule has 2 rings (SSSR count). The zero-order chi connectivity index (χ0) is 11.5. The van der Waals surface area contributed by atoms with Gasteiger partial charge in [0, 0.05) is 25.2 Å². The molecule has 0 radical (unpaired) electrons. The van der Waals surface area contributed by atoms with E-state index >= 15 is 0 Å². The van der Waals surface area contributed by atoms with Gasteiger partial charge in [0.15, 0.2) is 0 Å². The minimum atomic E-state index is 0.161. The molecule has 1 unspecified atom stereocenters. The van der Waals surface area contributed by atoms with Gasteiger partial charge in [0.05, 0.1) is 0 Å². The van der Waals surface area contributed by atoms with Crippen LogP contribution in [0.1, 0.15) is 24.5 Å². The van der Waals surface area contributed by atoms with E-state index in [0.717, 1.165) is 25.7 Å². The zero-order valence-electron chi connectivity index (χ0n) is 10.1. The quantitative estimate of drug-likeness (QED) is 0.725. The zero-order valence-corrected chi connectivity index (χ0v) is 10.1. The van der Waals surface area contributed by atoms with Crippen LogP contribution in [0.5, 0.6) is 0 Å². The minimum absolute atomic E-state index is 0.161. The Morgan fingerprint density at radius 2 is 2.31 bits per heavy atom. The summed E-state index contributed by atoms with van der Waals surface area (Å²) in [5.41, 5.74) is 4.01. The second-order valence-electron chi connectivity index (χ2n) is 4.69. The summed E-state index contributed by atoms with van der Waals surface area (Å²) in [6, 6.07) is 6.67. The van der Waals surface area contributed by atoms with E-state index in [2.05, 4.69) is 37.1 Å². The number of carbonyl (C=O) groups excluding carboxylic acids is 1. The molecule has 0 spiro atoms. The molecule has 0 aromatic heterocycles. The second-order valence-corrected chi connectivity index (χ2v) is 4.69. The largest absolute Gasteiger partial charge is 0.374 e. The Kier molecular flexibility index (Phi) is 3.28. The molecule has 2 heteroatoms.